The van der Waals surface area contributed by atoms with Crippen molar-refractivity contribution < 1.29 is 0 Å². The van der Waals surface area contributed by atoms with Gasteiger partial charge < -0.3 is 11.1 Å². The zero-order valence-electron chi connectivity index (χ0n) is 11.0. The Morgan fingerprint density at radius 2 is 1.88 bits per heavy atom. The van der Waals surface area contributed by atoms with Gasteiger partial charge in [0.05, 0.1) is 0 Å². The number of nitrogens with one attached hydrogen (secondary N) is 1. The van der Waals surface area contributed by atoms with Crippen LogP contribution in [0.3, 0.4) is 0 Å². The van der Waals surface area contributed by atoms with Gasteiger partial charge in [0.2, 0.25) is 0 Å². The predicted molar refractivity (Wildman–Crippen MR) is 79.3 cm³/mol. The number of rotatable bonds is 6. The second-order valence-electron chi connectivity index (χ2n) is 5.33. The third-order valence-electron chi connectivity index (χ3n) is 3.01. The van der Waals surface area contributed by atoms with E-state index in [1.807, 2.05) is 12.1 Å². The Balaban J connectivity index is 2.64. The summed E-state index contributed by atoms with van der Waals surface area (Å²) < 4.78 is 1.10. The van der Waals surface area contributed by atoms with E-state index in [0.717, 1.165) is 16.6 Å². The van der Waals surface area contributed by atoms with Crippen LogP contribution in [0.1, 0.15) is 33.6 Å². The van der Waals surface area contributed by atoms with Crippen LogP contribution in [0.15, 0.2) is 28.7 Å². The second kappa shape index (κ2) is 6.41. The molecule has 0 bridgehead atoms. The smallest absolute Gasteiger partial charge is 0.0467 e. The van der Waals surface area contributed by atoms with E-state index in [0.29, 0.717) is 12.5 Å². The van der Waals surface area contributed by atoms with E-state index in [1.54, 1.807) is 0 Å². The quantitative estimate of drug-likeness (QED) is 0.832. The molecule has 0 fully saturated rings. The van der Waals surface area contributed by atoms with Crippen molar-refractivity contribution in [2.45, 2.75) is 39.2 Å². The first-order valence-electron chi connectivity index (χ1n) is 6.19. The lowest BCUT2D eigenvalue weighted by atomic mass is 9.91. The fourth-order valence-electron chi connectivity index (χ4n) is 1.70. The van der Waals surface area contributed by atoms with Gasteiger partial charge in [-0.1, -0.05) is 29.8 Å². The van der Waals surface area contributed by atoms with Crippen molar-refractivity contribution >= 4 is 21.6 Å². The Hall–Kier alpha value is -0.540. The molecule has 1 rings (SSSR count). The lowest BCUT2D eigenvalue weighted by Crippen LogP contribution is -2.42. The van der Waals surface area contributed by atoms with Crippen LogP contribution in [-0.2, 0) is 0 Å². The van der Waals surface area contributed by atoms with Crippen LogP contribution < -0.4 is 11.1 Å². The van der Waals surface area contributed by atoms with E-state index in [4.69, 9.17) is 5.73 Å². The number of nitrogens with two attached hydrogens (primary N) is 1. The van der Waals surface area contributed by atoms with E-state index in [-0.39, 0.29) is 5.54 Å². The van der Waals surface area contributed by atoms with Crippen LogP contribution in [0.25, 0.3) is 0 Å². The Morgan fingerprint density at radius 3 is 2.35 bits per heavy atom. The summed E-state index contributed by atoms with van der Waals surface area (Å²) in [5, 5.41) is 3.54. The van der Waals surface area contributed by atoms with Gasteiger partial charge in [-0.25, -0.2) is 0 Å². The average Bonchev–Trinajstić information content (AvgIpc) is 2.30. The van der Waals surface area contributed by atoms with Gasteiger partial charge >= 0.3 is 0 Å². The molecule has 0 aliphatic heterocycles. The Kier molecular flexibility index (Phi) is 5.47. The number of hydrogen-bond donors (Lipinski definition) is 2. The van der Waals surface area contributed by atoms with Crippen molar-refractivity contribution in [2.75, 3.05) is 11.9 Å². The molecular formula is C14H23BrN2. The summed E-state index contributed by atoms with van der Waals surface area (Å²) in [6, 6.07) is 8.24. The molecule has 0 aromatic heterocycles. The molecule has 0 saturated heterocycles. The molecular weight excluding hydrogens is 276 g/mol. The molecule has 1 atom stereocenters. The minimum absolute atomic E-state index is 0.0158. The van der Waals surface area contributed by atoms with Gasteiger partial charge in [0.15, 0.2) is 0 Å². The first-order valence-corrected chi connectivity index (χ1v) is 6.98. The first-order chi connectivity index (χ1) is 7.95. The monoisotopic (exact) mass is 298 g/mol. The number of hydrogen-bond acceptors (Lipinski definition) is 2. The number of halogens is 1. The third kappa shape index (κ3) is 5.09. The molecule has 2 nitrogen and oxygen atoms in total. The summed E-state index contributed by atoms with van der Waals surface area (Å²) >= 11 is 3.44. The predicted octanol–water partition coefficient (Wildman–Crippen LogP) is 4.01. The van der Waals surface area contributed by atoms with Gasteiger partial charge in [-0.3, -0.25) is 0 Å². The average molecular weight is 299 g/mol. The van der Waals surface area contributed by atoms with Crippen LogP contribution in [0, 0.1) is 5.92 Å². The Bertz CT molecular complexity index is 335. The van der Waals surface area contributed by atoms with E-state index in [1.165, 1.54) is 6.42 Å². The largest absolute Gasteiger partial charge is 0.379 e. The van der Waals surface area contributed by atoms with Crippen molar-refractivity contribution in [3.63, 3.8) is 0 Å². The topological polar surface area (TPSA) is 38.0 Å². The van der Waals surface area contributed by atoms with Crippen LogP contribution in [0.4, 0.5) is 5.69 Å². The highest BCUT2D eigenvalue weighted by Gasteiger charge is 2.22. The zero-order valence-corrected chi connectivity index (χ0v) is 12.5. The van der Waals surface area contributed by atoms with Crippen molar-refractivity contribution in [3.05, 3.63) is 28.7 Å². The van der Waals surface area contributed by atoms with Gasteiger partial charge in [-0.15, -0.1) is 0 Å². The summed E-state index contributed by atoms with van der Waals surface area (Å²) in [5.41, 5.74) is 7.01. The molecule has 0 saturated carbocycles. The van der Waals surface area contributed by atoms with Crippen molar-refractivity contribution in [3.8, 4) is 0 Å². The maximum atomic E-state index is 5.90. The molecule has 1 aromatic rings. The minimum Gasteiger partial charge on any atom is -0.379 e. The molecule has 3 N–H and O–H groups in total. The molecule has 0 aliphatic rings. The molecule has 0 radical (unpaired) electrons. The van der Waals surface area contributed by atoms with Gasteiger partial charge in [0.25, 0.3) is 0 Å². The first kappa shape index (κ1) is 14.5. The van der Waals surface area contributed by atoms with E-state index in [9.17, 15) is 0 Å². The third-order valence-corrected chi connectivity index (χ3v) is 3.54. The summed E-state index contributed by atoms with van der Waals surface area (Å²) in [5.74, 6) is 0.715. The molecule has 3 heteroatoms. The molecule has 1 unspecified atom stereocenters. The standard InChI is InChI=1S/C14H23BrN2/c1-11(2)8-9-14(3,10-16)17-13-6-4-12(15)5-7-13/h4-7,11,17H,8-10,16H2,1-3H3. The number of benzene rings is 1. The van der Waals surface area contributed by atoms with Gasteiger partial charge in [-0.2, -0.15) is 0 Å². The second-order valence-corrected chi connectivity index (χ2v) is 6.24. The van der Waals surface area contributed by atoms with Crippen LogP contribution in [0.5, 0.6) is 0 Å². The highest BCUT2D eigenvalue weighted by atomic mass is 79.9. The minimum atomic E-state index is -0.0158. The lowest BCUT2D eigenvalue weighted by molar-refractivity contribution is 0.420. The van der Waals surface area contributed by atoms with Crippen molar-refractivity contribution in [1.29, 1.82) is 0 Å². The van der Waals surface area contributed by atoms with Gasteiger partial charge in [0, 0.05) is 22.2 Å². The molecule has 0 amide bonds. The molecule has 0 aliphatic carbocycles. The van der Waals surface area contributed by atoms with E-state index < -0.39 is 0 Å². The Morgan fingerprint density at radius 1 is 1.29 bits per heavy atom. The van der Waals surface area contributed by atoms with Crippen LogP contribution in [0.2, 0.25) is 0 Å². The van der Waals surface area contributed by atoms with Crippen LogP contribution >= 0.6 is 15.9 Å². The molecule has 96 valence electrons. The van der Waals surface area contributed by atoms with Gasteiger partial charge in [-0.05, 0) is 49.9 Å². The lowest BCUT2D eigenvalue weighted by Gasteiger charge is -2.31. The normalized spacial score (nSPS) is 14.7. The fraction of sp³-hybridized carbons (Fsp3) is 0.571. The zero-order chi connectivity index (χ0) is 12.9. The molecule has 17 heavy (non-hydrogen) atoms. The summed E-state index contributed by atoms with van der Waals surface area (Å²) in [6.07, 6.45) is 2.29. The number of anilines is 1. The summed E-state index contributed by atoms with van der Waals surface area (Å²) in [4.78, 5) is 0. The maximum Gasteiger partial charge on any atom is 0.0467 e. The maximum absolute atomic E-state index is 5.90. The Labute approximate surface area is 113 Å². The van der Waals surface area contributed by atoms with E-state index in [2.05, 4.69) is 54.2 Å². The van der Waals surface area contributed by atoms with E-state index >= 15 is 0 Å². The van der Waals surface area contributed by atoms with Gasteiger partial charge in [0.1, 0.15) is 0 Å². The molecule has 0 heterocycles. The molecule has 0 spiro atoms. The van der Waals surface area contributed by atoms with Crippen LogP contribution in [-0.4, -0.2) is 12.1 Å². The highest BCUT2D eigenvalue weighted by molar-refractivity contribution is 9.10. The summed E-state index contributed by atoms with van der Waals surface area (Å²) in [6.45, 7) is 7.33. The van der Waals surface area contributed by atoms with Crippen molar-refractivity contribution in [1.82, 2.24) is 0 Å². The highest BCUT2D eigenvalue weighted by Crippen LogP contribution is 2.22. The summed E-state index contributed by atoms with van der Waals surface area (Å²) in [7, 11) is 0. The molecule has 1 aromatic carbocycles. The van der Waals surface area contributed by atoms with Crippen molar-refractivity contribution in [2.24, 2.45) is 11.7 Å². The fourth-order valence-corrected chi connectivity index (χ4v) is 1.97. The SMILES string of the molecule is CC(C)CCC(C)(CN)Nc1ccc(Br)cc1.